The topological polar surface area (TPSA) is 64.3 Å². The Balaban J connectivity index is 1.94. The summed E-state index contributed by atoms with van der Waals surface area (Å²) in [7, 11) is 0. The van der Waals surface area contributed by atoms with E-state index in [0.717, 1.165) is 54.9 Å². The molecule has 3 rings (SSSR count). The monoisotopic (exact) mass is 272 g/mol. The second kappa shape index (κ2) is 5.63. The maximum atomic E-state index is 5.82. The molecule has 0 amide bonds. The average Bonchev–Trinajstić information content (AvgIpc) is 2.97. The number of aromatic nitrogens is 2. The van der Waals surface area contributed by atoms with Gasteiger partial charge in [0, 0.05) is 30.8 Å². The normalized spacial score (nSPS) is 18.6. The average molecular weight is 272 g/mol. The van der Waals surface area contributed by atoms with Crippen LogP contribution in [0.25, 0.3) is 10.9 Å². The first-order chi connectivity index (χ1) is 9.78. The minimum Gasteiger partial charge on any atom is -0.399 e. The molecule has 2 heterocycles. The molecular weight excluding hydrogens is 252 g/mol. The van der Waals surface area contributed by atoms with Crippen molar-refractivity contribution in [2.75, 3.05) is 30.3 Å². The van der Waals surface area contributed by atoms with Gasteiger partial charge in [-0.2, -0.15) is 0 Å². The highest BCUT2D eigenvalue weighted by Gasteiger charge is 2.20. The Morgan fingerprint density at radius 3 is 3.05 bits per heavy atom. The van der Waals surface area contributed by atoms with E-state index < -0.39 is 0 Å². The standard InChI is InChI=1S/C15H20N4O/c1-2-19(9-12-4-3-7-20-12)15-13-6-5-11(16)8-14(13)17-10-18-15/h5-6,8,10,12H,2-4,7,9,16H2,1H3. The van der Waals surface area contributed by atoms with Gasteiger partial charge in [-0.05, 0) is 38.0 Å². The third kappa shape index (κ3) is 2.54. The lowest BCUT2D eigenvalue weighted by Crippen LogP contribution is -2.32. The van der Waals surface area contributed by atoms with Gasteiger partial charge in [-0.15, -0.1) is 0 Å². The molecule has 1 aromatic carbocycles. The van der Waals surface area contributed by atoms with Gasteiger partial charge in [-0.25, -0.2) is 9.97 Å². The summed E-state index contributed by atoms with van der Waals surface area (Å²) in [6.45, 7) is 4.80. The van der Waals surface area contributed by atoms with Crippen LogP contribution in [0.1, 0.15) is 19.8 Å². The summed E-state index contributed by atoms with van der Waals surface area (Å²) in [4.78, 5) is 11.0. The molecule has 1 aromatic heterocycles. The molecule has 5 nitrogen and oxygen atoms in total. The van der Waals surface area contributed by atoms with E-state index in [2.05, 4.69) is 21.8 Å². The molecule has 0 saturated carbocycles. The number of benzene rings is 1. The van der Waals surface area contributed by atoms with Crippen LogP contribution in [0.5, 0.6) is 0 Å². The summed E-state index contributed by atoms with van der Waals surface area (Å²) in [5, 5.41) is 1.04. The maximum absolute atomic E-state index is 5.82. The van der Waals surface area contributed by atoms with E-state index in [1.807, 2.05) is 18.2 Å². The van der Waals surface area contributed by atoms with Crippen molar-refractivity contribution in [2.24, 2.45) is 0 Å². The molecule has 0 aliphatic carbocycles. The van der Waals surface area contributed by atoms with Gasteiger partial charge in [0.2, 0.25) is 0 Å². The summed E-state index contributed by atoms with van der Waals surface area (Å²) in [6, 6.07) is 5.79. The van der Waals surface area contributed by atoms with E-state index >= 15 is 0 Å². The Morgan fingerprint density at radius 2 is 2.30 bits per heavy atom. The number of likely N-dealkylation sites (N-methyl/N-ethyl adjacent to an activating group) is 1. The molecule has 1 atom stereocenters. The number of hydrogen-bond donors (Lipinski definition) is 1. The van der Waals surface area contributed by atoms with Crippen molar-refractivity contribution in [3.8, 4) is 0 Å². The number of rotatable bonds is 4. The van der Waals surface area contributed by atoms with Crippen molar-refractivity contribution < 1.29 is 4.74 Å². The lowest BCUT2D eigenvalue weighted by molar-refractivity contribution is 0.115. The van der Waals surface area contributed by atoms with Crippen LogP contribution in [0.2, 0.25) is 0 Å². The molecule has 1 fully saturated rings. The van der Waals surface area contributed by atoms with Crippen molar-refractivity contribution in [3.05, 3.63) is 24.5 Å². The molecule has 0 spiro atoms. The predicted molar refractivity (Wildman–Crippen MR) is 80.8 cm³/mol. The Bertz CT molecular complexity index is 595. The van der Waals surface area contributed by atoms with Crippen LogP contribution in [0, 0.1) is 0 Å². The first-order valence-corrected chi connectivity index (χ1v) is 7.14. The summed E-state index contributed by atoms with van der Waals surface area (Å²) in [5.41, 5.74) is 7.44. The Labute approximate surface area is 118 Å². The molecule has 1 unspecified atom stereocenters. The van der Waals surface area contributed by atoms with Crippen molar-refractivity contribution in [3.63, 3.8) is 0 Å². The van der Waals surface area contributed by atoms with Gasteiger partial charge in [0.1, 0.15) is 12.1 Å². The summed E-state index contributed by atoms with van der Waals surface area (Å²) < 4.78 is 5.73. The number of nitrogens with two attached hydrogens (primary N) is 1. The lowest BCUT2D eigenvalue weighted by Gasteiger charge is -2.25. The molecular formula is C15H20N4O. The molecule has 1 aliphatic rings. The molecule has 2 N–H and O–H groups in total. The highest BCUT2D eigenvalue weighted by Crippen LogP contribution is 2.25. The largest absolute Gasteiger partial charge is 0.399 e. The van der Waals surface area contributed by atoms with Gasteiger partial charge in [0.15, 0.2) is 0 Å². The molecule has 0 bridgehead atoms. The fourth-order valence-corrected chi connectivity index (χ4v) is 2.71. The van der Waals surface area contributed by atoms with Gasteiger partial charge >= 0.3 is 0 Å². The second-order valence-electron chi connectivity index (χ2n) is 5.15. The zero-order valence-electron chi connectivity index (χ0n) is 11.7. The molecule has 1 saturated heterocycles. The second-order valence-corrected chi connectivity index (χ2v) is 5.15. The lowest BCUT2D eigenvalue weighted by atomic mass is 10.2. The van der Waals surface area contributed by atoms with Gasteiger partial charge < -0.3 is 15.4 Å². The fourth-order valence-electron chi connectivity index (χ4n) is 2.71. The van der Waals surface area contributed by atoms with E-state index in [9.17, 15) is 0 Å². The molecule has 2 aromatic rings. The minimum absolute atomic E-state index is 0.314. The first kappa shape index (κ1) is 13.1. The van der Waals surface area contributed by atoms with Gasteiger partial charge in [-0.1, -0.05) is 0 Å². The zero-order valence-corrected chi connectivity index (χ0v) is 11.7. The molecule has 5 heteroatoms. The van der Waals surface area contributed by atoms with Crippen molar-refractivity contribution in [1.29, 1.82) is 0 Å². The smallest absolute Gasteiger partial charge is 0.139 e. The van der Waals surface area contributed by atoms with Crippen molar-refractivity contribution in [2.45, 2.75) is 25.9 Å². The number of nitrogens with zero attached hydrogens (tertiary/aromatic N) is 3. The highest BCUT2D eigenvalue weighted by molar-refractivity contribution is 5.91. The highest BCUT2D eigenvalue weighted by atomic mass is 16.5. The maximum Gasteiger partial charge on any atom is 0.139 e. The van der Waals surface area contributed by atoms with E-state index in [1.54, 1.807) is 6.33 Å². The third-order valence-electron chi connectivity index (χ3n) is 3.77. The van der Waals surface area contributed by atoms with Crippen LogP contribution in [-0.2, 0) is 4.74 Å². The summed E-state index contributed by atoms with van der Waals surface area (Å²) in [5.74, 6) is 0.966. The van der Waals surface area contributed by atoms with Crippen LogP contribution in [0.3, 0.4) is 0 Å². The van der Waals surface area contributed by atoms with E-state index in [0.29, 0.717) is 6.10 Å². The number of hydrogen-bond acceptors (Lipinski definition) is 5. The number of ether oxygens (including phenoxy) is 1. The van der Waals surface area contributed by atoms with E-state index in [1.165, 1.54) is 0 Å². The Kier molecular flexibility index (Phi) is 3.69. The van der Waals surface area contributed by atoms with Gasteiger partial charge in [0.25, 0.3) is 0 Å². The first-order valence-electron chi connectivity index (χ1n) is 7.14. The minimum atomic E-state index is 0.314. The van der Waals surface area contributed by atoms with Gasteiger partial charge in [0.05, 0.1) is 11.6 Å². The molecule has 1 aliphatic heterocycles. The summed E-state index contributed by atoms with van der Waals surface area (Å²) in [6.07, 6.45) is 4.21. The van der Waals surface area contributed by atoms with E-state index in [4.69, 9.17) is 10.5 Å². The SMILES string of the molecule is CCN(CC1CCCO1)c1ncnc2cc(N)ccc12. The van der Waals surface area contributed by atoms with Crippen molar-refractivity contribution >= 4 is 22.4 Å². The zero-order chi connectivity index (χ0) is 13.9. The summed E-state index contributed by atoms with van der Waals surface area (Å²) >= 11 is 0. The van der Waals surface area contributed by atoms with Crippen LogP contribution < -0.4 is 10.6 Å². The van der Waals surface area contributed by atoms with Gasteiger partial charge in [-0.3, -0.25) is 0 Å². The number of nitrogen functional groups attached to an aromatic ring is 1. The van der Waals surface area contributed by atoms with E-state index in [-0.39, 0.29) is 0 Å². The molecule has 20 heavy (non-hydrogen) atoms. The van der Waals surface area contributed by atoms with Crippen LogP contribution in [0.4, 0.5) is 11.5 Å². The Morgan fingerprint density at radius 1 is 1.40 bits per heavy atom. The molecule has 0 radical (unpaired) electrons. The quantitative estimate of drug-likeness (QED) is 0.865. The molecule has 106 valence electrons. The third-order valence-corrected chi connectivity index (χ3v) is 3.77. The van der Waals surface area contributed by atoms with Crippen LogP contribution in [-0.4, -0.2) is 35.8 Å². The number of fused-ring (bicyclic) bond motifs is 1. The Hall–Kier alpha value is -1.88. The van der Waals surface area contributed by atoms with Crippen molar-refractivity contribution in [1.82, 2.24) is 9.97 Å². The van der Waals surface area contributed by atoms with Crippen LogP contribution >= 0.6 is 0 Å². The van der Waals surface area contributed by atoms with Crippen LogP contribution in [0.15, 0.2) is 24.5 Å². The predicted octanol–water partition coefficient (Wildman–Crippen LogP) is 2.22. The fraction of sp³-hybridized carbons (Fsp3) is 0.467. The number of anilines is 2.